The van der Waals surface area contributed by atoms with E-state index < -0.39 is 29.2 Å². The third-order valence-corrected chi connectivity index (χ3v) is 8.05. The smallest absolute Gasteiger partial charge is 0.352 e. The number of ether oxygens (including phenoxy) is 1. The first-order chi connectivity index (χ1) is 17.3. The highest BCUT2D eigenvalue weighted by molar-refractivity contribution is 8.01. The number of rotatable bonds is 9. The van der Waals surface area contributed by atoms with Gasteiger partial charge in [0.1, 0.15) is 30.0 Å². The van der Waals surface area contributed by atoms with Gasteiger partial charge in [0.2, 0.25) is 5.16 Å². The largest absolute Gasteiger partial charge is 0.495 e. The van der Waals surface area contributed by atoms with Crippen LogP contribution < -0.4 is 10.1 Å². The molecule has 0 saturated carbocycles. The van der Waals surface area contributed by atoms with Gasteiger partial charge in [-0.2, -0.15) is 0 Å². The van der Waals surface area contributed by atoms with E-state index in [1.165, 1.54) is 53.4 Å². The van der Waals surface area contributed by atoms with E-state index in [0.717, 1.165) is 0 Å². The number of amides is 2. The summed E-state index contributed by atoms with van der Waals surface area (Å²) in [6.07, 6.45) is 0. The van der Waals surface area contributed by atoms with E-state index in [4.69, 9.17) is 21.2 Å². The molecule has 0 radical (unpaired) electrons. The molecule has 4 rings (SSSR count). The number of β-lactam (4-membered cyclic amide) rings is 1. The van der Waals surface area contributed by atoms with Gasteiger partial charge in [-0.15, -0.1) is 16.9 Å². The number of halogens is 1. The highest BCUT2D eigenvalue weighted by Crippen LogP contribution is 2.41. The molecule has 2 aliphatic rings. The number of nitrogens with one attached hydrogen (secondary N) is 1. The fourth-order valence-electron chi connectivity index (χ4n) is 3.63. The first kappa shape index (κ1) is 25.8. The minimum atomic E-state index is -1.22. The zero-order chi connectivity index (χ0) is 26.0. The number of carboxylic acids is 1. The maximum atomic E-state index is 13.0. The minimum Gasteiger partial charge on any atom is -0.495 e. The van der Waals surface area contributed by atoms with Crippen LogP contribution in [0.1, 0.15) is 5.56 Å². The summed E-state index contributed by atoms with van der Waals surface area (Å²) in [5.41, 5.74) is 0.718. The van der Waals surface area contributed by atoms with E-state index in [-0.39, 0.29) is 16.4 Å². The number of thioether (sulfide) groups is 2. The molecule has 2 N–H and O–H groups in total. The molecule has 1 aromatic heterocycles. The van der Waals surface area contributed by atoms with Crippen LogP contribution in [0.15, 0.2) is 39.8 Å². The van der Waals surface area contributed by atoms with Crippen molar-refractivity contribution in [3.8, 4) is 5.75 Å². The summed E-state index contributed by atoms with van der Waals surface area (Å²) in [5.74, 6) is -1.37. The van der Waals surface area contributed by atoms with Crippen LogP contribution >= 0.6 is 35.1 Å². The molecule has 190 valence electrons. The Labute approximate surface area is 218 Å². The van der Waals surface area contributed by atoms with Gasteiger partial charge in [-0.3, -0.25) is 14.5 Å². The lowest BCUT2D eigenvalue weighted by Gasteiger charge is -2.49. The van der Waals surface area contributed by atoms with Crippen molar-refractivity contribution in [1.29, 1.82) is 0 Å². The third kappa shape index (κ3) is 4.85. The quantitative estimate of drug-likeness (QED) is 0.195. The van der Waals surface area contributed by atoms with Gasteiger partial charge >= 0.3 is 5.97 Å². The highest BCUT2D eigenvalue weighted by atomic mass is 35.5. The molecule has 1 aromatic carbocycles. The van der Waals surface area contributed by atoms with Crippen molar-refractivity contribution in [3.05, 3.63) is 40.1 Å². The molecule has 13 nitrogen and oxygen atoms in total. The van der Waals surface area contributed by atoms with Crippen LogP contribution in [0, 0.1) is 0 Å². The maximum Gasteiger partial charge on any atom is 0.352 e. The van der Waals surface area contributed by atoms with Gasteiger partial charge in [0.05, 0.1) is 12.1 Å². The molecule has 16 heteroatoms. The molecular weight excluding hydrogens is 534 g/mol. The second kappa shape index (κ2) is 10.8. The third-order valence-electron chi connectivity index (χ3n) is 5.32. The molecule has 1 saturated heterocycles. The number of nitrogens with zero attached hydrogens (tertiary/aromatic N) is 6. The minimum absolute atomic E-state index is 0.0930. The van der Waals surface area contributed by atoms with Gasteiger partial charge in [0, 0.05) is 24.1 Å². The van der Waals surface area contributed by atoms with Crippen molar-refractivity contribution in [3.63, 3.8) is 0 Å². The Hall–Kier alpha value is -3.30. The van der Waals surface area contributed by atoms with E-state index in [2.05, 4.69) is 26.0 Å². The van der Waals surface area contributed by atoms with Crippen molar-refractivity contribution < 1.29 is 29.1 Å². The predicted octanol–water partition coefficient (Wildman–Crippen LogP) is 0.754. The van der Waals surface area contributed by atoms with E-state index in [1.54, 1.807) is 19.2 Å². The monoisotopic (exact) mass is 553 g/mol. The molecule has 1 unspecified atom stereocenters. The normalized spacial score (nSPS) is 19.5. The Morgan fingerprint density at radius 3 is 2.78 bits per heavy atom. The van der Waals surface area contributed by atoms with Crippen molar-refractivity contribution in [2.45, 2.75) is 16.6 Å². The number of carboxylic acid groups (broad SMARTS) is 1. The summed E-state index contributed by atoms with van der Waals surface area (Å²) in [6, 6.07) is 3.70. The number of fused-ring (bicyclic) bond motifs is 1. The number of hydrogen-bond donors (Lipinski definition) is 2. The van der Waals surface area contributed by atoms with Gasteiger partial charge in [-0.25, -0.2) is 9.48 Å². The summed E-state index contributed by atoms with van der Waals surface area (Å²) >= 11 is 8.79. The molecule has 3 heterocycles. The number of aryl methyl sites for hydroxylation is 1. The average Bonchev–Trinajstić information content (AvgIpc) is 3.27. The first-order valence-corrected chi connectivity index (χ1v) is 12.7. The summed E-state index contributed by atoms with van der Waals surface area (Å²) in [4.78, 5) is 44.1. The number of oxime groups is 1. The van der Waals surface area contributed by atoms with Crippen LogP contribution in [0.4, 0.5) is 0 Å². The van der Waals surface area contributed by atoms with E-state index in [1.807, 2.05) is 0 Å². The van der Waals surface area contributed by atoms with Crippen LogP contribution in [0.2, 0.25) is 5.02 Å². The summed E-state index contributed by atoms with van der Waals surface area (Å²) < 4.78 is 6.60. The molecule has 1 fully saturated rings. The van der Waals surface area contributed by atoms with Crippen molar-refractivity contribution in [1.82, 2.24) is 30.4 Å². The van der Waals surface area contributed by atoms with Crippen LogP contribution in [0.3, 0.4) is 0 Å². The van der Waals surface area contributed by atoms with Crippen LogP contribution in [-0.2, 0) is 26.3 Å². The van der Waals surface area contributed by atoms with Gasteiger partial charge in [-0.1, -0.05) is 28.5 Å². The van der Waals surface area contributed by atoms with Crippen molar-refractivity contribution in [2.75, 3.05) is 25.7 Å². The molecule has 0 aliphatic carbocycles. The maximum absolute atomic E-state index is 13.0. The number of hydrogen-bond acceptors (Lipinski definition) is 11. The van der Waals surface area contributed by atoms with Crippen molar-refractivity contribution >= 4 is 58.6 Å². The van der Waals surface area contributed by atoms with Gasteiger partial charge in [0.15, 0.2) is 5.71 Å². The van der Waals surface area contributed by atoms with Gasteiger partial charge < -0.3 is 20.0 Å². The summed E-state index contributed by atoms with van der Waals surface area (Å²) in [7, 11) is 4.42. The lowest BCUT2D eigenvalue weighted by Crippen LogP contribution is -2.71. The molecule has 2 aromatic rings. The number of aliphatic carboxylic acids is 1. The number of carbonyl (C=O) groups excluding carboxylic acids is 2. The molecule has 0 bridgehead atoms. The SMILES string of the molecule is CON=C(C(=O)NC1C(=O)N2C(C(=O)O)=C(CSc3nnnn3C)CS[C@H]12)c1ccc(OC)c(Cl)c1. The lowest BCUT2D eigenvalue weighted by molar-refractivity contribution is -0.150. The second-order valence-corrected chi connectivity index (χ2v) is 9.92. The summed E-state index contributed by atoms with van der Waals surface area (Å²) in [5, 5.41) is 27.7. The number of benzene rings is 1. The van der Waals surface area contributed by atoms with Crippen LogP contribution in [-0.4, -0.2) is 90.9 Å². The predicted molar refractivity (Wildman–Crippen MR) is 131 cm³/mol. The molecule has 2 atom stereocenters. The van der Waals surface area contributed by atoms with E-state index in [9.17, 15) is 19.5 Å². The fourth-order valence-corrected chi connectivity index (χ4v) is 6.22. The standard InChI is InChI=1S/C20H20ClN7O6S2/c1-27-20(23-25-26-27)36-8-10-7-35-18-14(17(30)28(18)15(10)19(31)32)22-16(29)13(24-34-3)9-4-5-12(33-2)11(21)6-9/h4-6,14,18H,7-8H2,1-3H3,(H,22,29)(H,31,32)/t14?,18-/m1/s1. The topological polar surface area (TPSA) is 161 Å². The zero-order valence-corrected chi connectivity index (χ0v) is 21.6. The number of aromatic nitrogens is 4. The van der Waals surface area contributed by atoms with Crippen molar-refractivity contribution in [2.24, 2.45) is 12.2 Å². The fraction of sp³-hybridized carbons (Fsp3) is 0.350. The molecule has 0 spiro atoms. The second-order valence-electron chi connectivity index (χ2n) is 7.46. The highest BCUT2D eigenvalue weighted by Gasteiger charge is 2.54. The first-order valence-electron chi connectivity index (χ1n) is 10.3. The molecule has 36 heavy (non-hydrogen) atoms. The Morgan fingerprint density at radius 1 is 1.39 bits per heavy atom. The molecule has 2 aliphatic heterocycles. The van der Waals surface area contributed by atoms with E-state index in [0.29, 0.717) is 33.5 Å². The van der Waals surface area contributed by atoms with Gasteiger partial charge in [-0.05, 0) is 34.2 Å². The average molecular weight is 554 g/mol. The molecular formula is C20H20ClN7O6S2. The number of methoxy groups -OCH3 is 1. The Morgan fingerprint density at radius 2 is 2.17 bits per heavy atom. The Kier molecular flexibility index (Phi) is 7.70. The van der Waals surface area contributed by atoms with Crippen LogP contribution in [0.25, 0.3) is 0 Å². The number of tetrazole rings is 1. The van der Waals surface area contributed by atoms with Crippen LogP contribution in [0.5, 0.6) is 5.75 Å². The molecule has 2 amide bonds. The number of carbonyl (C=O) groups is 3. The van der Waals surface area contributed by atoms with Gasteiger partial charge in [0.25, 0.3) is 11.8 Å². The summed E-state index contributed by atoms with van der Waals surface area (Å²) in [6.45, 7) is 0. The van der Waals surface area contributed by atoms with E-state index >= 15 is 0 Å². The Bertz CT molecular complexity index is 1280. The Balaban J connectivity index is 1.50. The zero-order valence-electron chi connectivity index (χ0n) is 19.2. The lowest BCUT2D eigenvalue weighted by atomic mass is 10.0.